The van der Waals surface area contributed by atoms with Gasteiger partial charge in [-0.3, -0.25) is 0 Å². The molecule has 0 radical (unpaired) electrons. The van der Waals surface area contributed by atoms with Gasteiger partial charge in [0, 0.05) is 11.8 Å². The predicted molar refractivity (Wildman–Crippen MR) is 79.6 cm³/mol. The molecule has 0 unspecified atom stereocenters. The van der Waals surface area contributed by atoms with Crippen molar-refractivity contribution >= 4 is 5.82 Å². The molecule has 3 rings (SSSR count). The van der Waals surface area contributed by atoms with Crippen LogP contribution in [0.15, 0.2) is 36.5 Å². The number of nitrogens with two attached hydrogens (primary N) is 1. The summed E-state index contributed by atoms with van der Waals surface area (Å²) in [7, 11) is 0. The monoisotopic (exact) mass is 287 g/mol. The number of nitrogen functional groups attached to an aromatic ring is 1. The van der Waals surface area contributed by atoms with Crippen molar-refractivity contribution in [3.05, 3.63) is 53.5 Å². The Morgan fingerprint density at radius 3 is 2.62 bits per heavy atom. The molecule has 2 aromatic rings. The molecule has 0 amide bonds. The number of hydrogen-bond donors (Lipinski definition) is 2. The Morgan fingerprint density at radius 2 is 1.95 bits per heavy atom. The topological polar surface area (TPSA) is 60.2 Å². The first-order chi connectivity index (χ1) is 10.2. The Hall–Kier alpha value is -2.14. The maximum atomic E-state index is 12.9. The number of nitrogens with one attached hydrogen (secondary N) is 1. The lowest BCUT2D eigenvalue weighted by Crippen LogP contribution is -2.32. The zero-order valence-corrected chi connectivity index (χ0v) is 11.8. The lowest BCUT2D eigenvalue weighted by atomic mass is 9.77. The Bertz CT molecular complexity index is 624. The molecule has 3 N–H and O–H groups in total. The van der Waals surface area contributed by atoms with Crippen molar-refractivity contribution in [2.24, 2.45) is 5.84 Å². The average Bonchev–Trinajstić information content (AvgIpc) is 2.45. The van der Waals surface area contributed by atoms with Crippen LogP contribution in [-0.2, 0) is 0 Å². The van der Waals surface area contributed by atoms with Gasteiger partial charge < -0.3 is 10.2 Å². The quantitative estimate of drug-likeness (QED) is 0.670. The minimum Gasteiger partial charge on any atom is -0.490 e. The van der Waals surface area contributed by atoms with E-state index >= 15 is 0 Å². The van der Waals surface area contributed by atoms with E-state index in [4.69, 9.17) is 10.6 Å². The minimum atomic E-state index is -0.194. The van der Waals surface area contributed by atoms with Crippen LogP contribution in [0.25, 0.3) is 0 Å². The van der Waals surface area contributed by atoms with Crippen LogP contribution in [0, 0.1) is 12.7 Å². The Morgan fingerprint density at radius 1 is 1.24 bits per heavy atom. The van der Waals surface area contributed by atoms with E-state index in [-0.39, 0.29) is 11.9 Å². The number of nitrogens with zero attached hydrogens (tertiary/aromatic N) is 1. The molecular formula is C16H18FN3O. The maximum absolute atomic E-state index is 12.9. The van der Waals surface area contributed by atoms with E-state index in [9.17, 15) is 4.39 Å². The van der Waals surface area contributed by atoms with Crippen molar-refractivity contribution in [2.75, 3.05) is 5.43 Å². The highest BCUT2D eigenvalue weighted by Gasteiger charge is 2.32. The van der Waals surface area contributed by atoms with E-state index in [0.717, 1.165) is 24.2 Å². The molecule has 0 bridgehead atoms. The highest BCUT2D eigenvalue weighted by atomic mass is 19.1. The van der Waals surface area contributed by atoms with E-state index in [1.165, 1.54) is 17.7 Å². The molecule has 110 valence electrons. The molecule has 0 saturated heterocycles. The van der Waals surface area contributed by atoms with Crippen LogP contribution in [0.3, 0.4) is 0 Å². The van der Waals surface area contributed by atoms with E-state index in [1.807, 2.05) is 25.1 Å². The van der Waals surface area contributed by atoms with Gasteiger partial charge in [-0.1, -0.05) is 12.1 Å². The molecule has 1 aromatic carbocycles. The van der Waals surface area contributed by atoms with Crippen molar-refractivity contribution < 1.29 is 9.13 Å². The van der Waals surface area contributed by atoms with Crippen LogP contribution >= 0.6 is 0 Å². The van der Waals surface area contributed by atoms with Gasteiger partial charge in [-0.2, -0.15) is 0 Å². The second-order valence-corrected chi connectivity index (χ2v) is 5.39. The Labute approximate surface area is 123 Å². The SMILES string of the molecule is Cc1c(OC2CC(c3ccc(F)cc3)C2)ccnc1NN. The molecule has 4 nitrogen and oxygen atoms in total. The molecule has 1 aliphatic rings. The van der Waals surface area contributed by atoms with E-state index in [1.54, 1.807) is 6.20 Å². The zero-order valence-electron chi connectivity index (χ0n) is 11.8. The summed E-state index contributed by atoms with van der Waals surface area (Å²) in [6.45, 7) is 1.92. The van der Waals surface area contributed by atoms with Crippen molar-refractivity contribution in [2.45, 2.75) is 31.8 Å². The molecule has 1 fully saturated rings. The summed E-state index contributed by atoms with van der Waals surface area (Å²) in [4.78, 5) is 4.13. The summed E-state index contributed by atoms with van der Waals surface area (Å²) in [5.74, 6) is 7.10. The molecule has 1 heterocycles. The third-order valence-electron chi connectivity index (χ3n) is 4.02. The average molecular weight is 287 g/mol. The summed E-state index contributed by atoms with van der Waals surface area (Å²) < 4.78 is 18.9. The first-order valence-electron chi connectivity index (χ1n) is 7.01. The van der Waals surface area contributed by atoms with Crippen molar-refractivity contribution in [3.63, 3.8) is 0 Å². The first-order valence-corrected chi connectivity index (χ1v) is 7.01. The third-order valence-corrected chi connectivity index (χ3v) is 4.02. The fourth-order valence-electron chi connectivity index (χ4n) is 2.64. The number of anilines is 1. The van der Waals surface area contributed by atoms with Gasteiger partial charge in [0.1, 0.15) is 17.4 Å². The van der Waals surface area contributed by atoms with Gasteiger partial charge in [0.25, 0.3) is 0 Å². The zero-order chi connectivity index (χ0) is 14.8. The van der Waals surface area contributed by atoms with Crippen LogP contribution < -0.4 is 16.0 Å². The molecule has 1 aromatic heterocycles. The van der Waals surface area contributed by atoms with Gasteiger partial charge in [0.05, 0.1) is 6.10 Å². The number of pyridine rings is 1. The van der Waals surface area contributed by atoms with E-state index in [2.05, 4.69) is 10.4 Å². The smallest absolute Gasteiger partial charge is 0.146 e. The number of aromatic nitrogens is 1. The van der Waals surface area contributed by atoms with Gasteiger partial charge in [-0.15, -0.1) is 0 Å². The number of hydrogen-bond acceptors (Lipinski definition) is 4. The van der Waals surface area contributed by atoms with Gasteiger partial charge in [0.2, 0.25) is 0 Å². The Kier molecular flexibility index (Phi) is 3.75. The Balaban J connectivity index is 1.61. The number of ether oxygens (including phenoxy) is 1. The summed E-state index contributed by atoms with van der Waals surface area (Å²) in [6.07, 6.45) is 3.75. The highest BCUT2D eigenvalue weighted by molar-refractivity contribution is 5.49. The van der Waals surface area contributed by atoms with Crippen LogP contribution in [-0.4, -0.2) is 11.1 Å². The molecule has 0 atom stereocenters. The molecular weight excluding hydrogens is 269 g/mol. The first kappa shape index (κ1) is 13.8. The normalized spacial score (nSPS) is 20.7. The van der Waals surface area contributed by atoms with Gasteiger partial charge in [-0.05, 0) is 49.4 Å². The lowest BCUT2D eigenvalue weighted by Gasteiger charge is -2.36. The third kappa shape index (κ3) is 2.83. The molecule has 1 aliphatic carbocycles. The summed E-state index contributed by atoms with van der Waals surface area (Å²) in [5, 5.41) is 0. The van der Waals surface area contributed by atoms with Crippen LogP contribution in [0.4, 0.5) is 10.2 Å². The fourth-order valence-corrected chi connectivity index (χ4v) is 2.64. The standard InChI is InChI=1S/C16H18FN3O/c1-10-15(6-7-19-16(10)20-18)21-14-8-12(9-14)11-2-4-13(17)5-3-11/h2-7,12,14H,8-9,18H2,1H3,(H,19,20). The number of hydrazine groups is 1. The maximum Gasteiger partial charge on any atom is 0.146 e. The van der Waals surface area contributed by atoms with Crippen LogP contribution in [0.5, 0.6) is 5.75 Å². The van der Waals surface area contributed by atoms with Gasteiger partial charge in [0.15, 0.2) is 0 Å². The lowest BCUT2D eigenvalue weighted by molar-refractivity contribution is 0.0977. The van der Waals surface area contributed by atoms with E-state index in [0.29, 0.717) is 11.7 Å². The fraction of sp³-hybridized carbons (Fsp3) is 0.312. The summed E-state index contributed by atoms with van der Waals surface area (Å²) >= 11 is 0. The second kappa shape index (κ2) is 5.69. The van der Waals surface area contributed by atoms with Gasteiger partial charge >= 0.3 is 0 Å². The molecule has 5 heteroatoms. The molecule has 0 aliphatic heterocycles. The van der Waals surface area contributed by atoms with Crippen LogP contribution in [0.1, 0.15) is 29.9 Å². The van der Waals surface area contributed by atoms with E-state index < -0.39 is 0 Å². The number of rotatable bonds is 4. The molecule has 1 saturated carbocycles. The summed E-state index contributed by atoms with van der Waals surface area (Å²) in [6, 6.07) is 8.57. The summed E-state index contributed by atoms with van der Waals surface area (Å²) in [5.41, 5.74) is 4.64. The second-order valence-electron chi connectivity index (χ2n) is 5.39. The van der Waals surface area contributed by atoms with Gasteiger partial charge in [-0.25, -0.2) is 15.2 Å². The van der Waals surface area contributed by atoms with Crippen molar-refractivity contribution in [3.8, 4) is 5.75 Å². The minimum absolute atomic E-state index is 0.187. The predicted octanol–water partition coefficient (Wildman–Crippen LogP) is 3.14. The highest BCUT2D eigenvalue weighted by Crippen LogP contribution is 2.40. The van der Waals surface area contributed by atoms with Crippen molar-refractivity contribution in [1.82, 2.24) is 4.98 Å². The number of halogens is 1. The van der Waals surface area contributed by atoms with Crippen molar-refractivity contribution in [1.29, 1.82) is 0 Å². The molecule has 21 heavy (non-hydrogen) atoms. The molecule has 0 spiro atoms. The number of benzene rings is 1. The largest absolute Gasteiger partial charge is 0.490 e. The van der Waals surface area contributed by atoms with Crippen LogP contribution in [0.2, 0.25) is 0 Å².